The van der Waals surface area contributed by atoms with Gasteiger partial charge in [-0.25, -0.2) is 0 Å². The van der Waals surface area contributed by atoms with Gasteiger partial charge in [-0.05, 0) is 37.3 Å². The summed E-state index contributed by atoms with van der Waals surface area (Å²) >= 11 is 1.53. The highest BCUT2D eigenvalue weighted by atomic mass is 32.1. The number of benzene rings is 1. The van der Waals surface area contributed by atoms with Gasteiger partial charge in [-0.15, -0.1) is 11.3 Å². The second kappa shape index (κ2) is 5.68. The third-order valence-corrected chi connectivity index (χ3v) is 5.71. The first-order chi connectivity index (χ1) is 10.1. The van der Waals surface area contributed by atoms with Gasteiger partial charge in [0, 0.05) is 23.2 Å². The summed E-state index contributed by atoms with van der Waals surface area (Å²) in [6.45, 7) is 6.02. The highest BCUT2D eigenvalue weighted by molar-refractivity contribution is 7.21. The van der Waals surface area contributed by atoms with Crippen LogP contribution in [0.2, 0.25) is 0 Å². The average Bonchev–Trinajstić information content (AvgIpc) is 2.83. The largest absolute Gasteiger partial charge is 0.397 e. The summed E-state index contributed by atoms with van der Waals surface area (Å²) in [7, 11) is 0. The van der Waals surface area contributed by atoms with Crippen molar-refractivity contribution in [2.75, 3.05) is 18.8 Å². The second-order valence-corrected chi connectivity index (χ2v) is 7.04. The molecule has 21 heavy (non-hydrogen) atoms. The number of amides is 1. The number of likely N-dealkylation sites (tertiary alicyclic amines) is 1. The van der Waals surface area contributed by atoms with Gasteiger partial charge in [-0.2, -0.15) is 0 Å². The maximum atomic E-state index is 12.7. The number of aryl methyl sites for hydroxylation is 1. The number of nitrogens with two attached hydrogens (primary N) is 1. The molecule has 1 fully saturated rings. The van der Waals surface area contributed by atoms with Crippen molar-refractivity contribution in [2.24, 2.45) is 5.92 Å². The van der Waals surface area contributed by atoms with Crippen molar-refractivity contribution in [1.82, 2.24) is 4.90 Å². The molecule has 2 heterocycles. The lowest BCUT2D eigenvalue weighted by Crippen LogP contribution is -2.38. The quantitative estimate of drug-likeness (QED) is 0.909. The summed E-state index contributed by atoms with van der Waals surface area (Å²) in [5.41, 5.74) is 8.06. The maximum Gasteiger partial charge on any atom is 0.266 e. The van der Waals surface area contributed by atoms with E-state index in [2.05, 4.69) is 19.9 Å². The zero-order valence-corrected chi connectivity index (χ0v) is 13.5. The van der Waals surface area contributed by atoms with Crippen LogP contribution in [0.1, 0.15) is 41.4 Å². The molecule has 1 aliphatic rings. The Morgan fingerprint density at radius 3 is 2.76 bits per heavy atom. The molecule has 0 unspecified atom stereocenters. The van der Waals surface area contributed by atoms with Gasteiger partial charge in [0.1, 0.15) is 4.88 Å². The highest BCUT2D eigenvalue weighted by Crippen LogP contribution is 2.35. The van der Waals surface area contributed by atoms with Gasteiger partial charge in [0.05, 0.1) is 5.69 Å². The van der Waals surface area contributed by atoms with E-state index in [4.69, 9.17) is 5.73 Å². The summed E-state index contributed by atoms with van der Waals surface area (Å²) < 4.78 is 1.11. The van der Waals surface area contributed by atoms with Gasteiger partial charge < -0.3 is 10.6 Å². The number of carbonyl (C=O) groups excluding carboxylic acids is 1. The van der Waals surface area contributed by atoms with Crippen molar-refractivity contribution >= 4 is 33.0 Å². The van der Waals surface area contributed by atoms with Crippen LogP contribution in [-0.4, -0.2) is 23.9 Å². The number of nitrogens with zero attached hydrogens (tertiary/aromatic N) is 1. The summed E-state index contributed by atoms with van der Waals surface area (Å²) in [5.74, 6) is 0.886. The third-order valence-electron chi connectivity index (χ3n) is 4.56. The lowest BCUT2D eigenvalue weighted by Gasteiger charge is -2.31. The molecule has 1 aromatic heterocycles. The topological polar surface area (TPSA) is 46.3 Å². The van der Waals surface area contributed by atoms with Crippen LogP contribution in [-0.2, 0) is 0 Å². The molecule has 1 saturated heterocycles. The van der Waals surface area contributed by atoms with Crippen LogP contribution in [0.3, 0.4) is 0 Å². The van der Waals surface area contributed by atoms with E-state index in [-0.39, 0.29) is 5.91 Å². The zero-order chi connectivity index (χ0) is 15.0. The lowest BCUT2D eigenvalue weighted by molar-refractivity contribution is 0.0695. The van der Waals surface area contributed by atoms with Gasteiger partial charge in [-0.3, -0.25) is 4.79 Å². The maximum absolute atomic E-state index is 12.7. The molecule has 0 bridgehead atoms. The number of carbonyl (C=O) groups is 1. The van der Waals surface area contributed by atoms with Crippen LogP contribution in [0.15, 0.2) is 18.2 Å². The van der Waals surface area contributed by atoms with Gasteiger partial charge in [-0.1, -0.05) is 25.5 Å². The van der Waals surface area contributed by atoms with E-state index < -0.39 is 0 Å². The van der Waals surface area contributed by atoms with Crippen LogP contribution in [0.4, 0.5) is 5.69 Å². The summed E-state index contributed by atoms with van der Waals surface area (Å²) in [6.07, 6.45) is 3.45. The van der Waals surface area contributed by atoms with Gasteiger partial charge >= 0.3 is 0 Å². The number of fused-ring (bicyclic) bond motifs is 1. The fourth-order valence-electron chi connectivity index (χ4n) is 3.07. The standard InChI is InChI=1S/C17H22N2OS/c1-3-12-6-8-19(9-7-12)17(20)16-15(18)13-5-4-11(2)10-14(13)21-16/h4-5,10,12H,3,6-9,18H2,1-2H3. The number of anilines is 1. The van der Waals surface area contributed by atoms with E-state index in [0.29, 0.717) is 10.6 Å². The Kier molecular flexibility index (Phi) is 3.89. The van der Waals surface area contributed by atoms with Gasteiger partial charge in [0.25, 0.3) is 5.91 Å². The van der Waals surface area contributed by atoms with Crippen molar-refractivity contribution < 1.29 is 4.79 Å². The lowest BCUT2D eigenvalue weighted by atomic mass is 9.94. The Morgan fingerprint density at radius 1 is 1.38 bits per heavy atom. The molecular weight excluding hydrogens is 280 g/mol. The minimum atomic E-state index is 0.112. The first-order valence-corrected chi connectivity index (χ1v) is 8.49. The molecule has 2 N–H and O–H groups in total. The first-order valence-electron chi connectivity index (χ1n) is 7.68. The molecule has 3 nitrogen and oxygen atoms in total. The van der Waals surface area contributed by atoms with Gasteiger partial charge in [0.2, 0.25) is 0 Å². The number of rotatable bonds is 2. The molecule has 112 valence electrons. The van der Waals surface area contributed by atoms with E-state index in [1.165, 1.54) is 23.3 Å². The third kappa shape index (κ3) is 2.64. The Hall–Kier alpha value is -1.55. The number of thiophene rings is 1. The molecule has 1 aliphatic heterocycles. The van der Waals surface area contributed by atoms with E-state index in [1.54, 1.807) is 0 Å². The Labute approximate surface area is 129 Å². The minimum absolute atomic E-state index is 0.112. The smallest absolute Gasteiger partial charge is 0.266 e. The molecular formula is C17H22N2OS. The Bertz CT molecular complexity index is 669. The monoisotopic (exact) mass is 302 g/mol. The van der Waals surface area contributed by atoms with Crippen molar-refractivity contribution in [3.8, 4) is 0 Å². The normalized spacial score (nSPS) is 16.6. The van der Waals surface area contributed by atoms with E-state index in [0.717, 1.165) is 41.9 Å². The number of nitrogen functional groups attached to an aromatic ring is 1. The molecule has 3 rings (SSSR count). The SMILES string of the molecule is CCC1CCN(C(=O)c2sc3cc(C)ccc3c2N)CC1. The van der Waals surface area contributed by atoms with Crippen molar-refractivity contribution in [1.29, 1.82) is 0 Å². The molecule has 1 aromatic carbocycles. The Morgan fingerprint density at radius 2 is 2.10 bits per heavy atom. The molecule has 2 aromatic rings. The summed E-state index contributed by atoms with van der Waals surface area (Å²) in [4.78, 5) is 15.4. The summed E-state index contributed by atoms with van der Waals surface area (Å²) in [6, 6.07) is 6.18. The number of hydrogen-bond donors (Lipinski definition) is 1. The van der Waals surface area contributed by atoms with Crippen molar-refractivity contribution in [3.63, 3.8) is 0 Å². The molecule has 0 atom stereocenters. The number of hydrogen-bond acceptors (Lipinski definition) is 3. The van der Waals surface area contributed by atoms with Crippen LogP contribution < -0.4 is 5.73 Å². The van der Waals surface area contributed by atoms with Crippen LogP contribution in [0.25, 0.3) is 10.1 Å². The molecule has 0 aliphatic carbocycles. The first kappa shape index (κ1) is 14.4. The van der Waals surface area contributed by atoms with Crippen molar-refractivity contribution in [2.45, 2.75) is 33.1 Å². The molecule has 0 saturated carbocycles. The van der Waals surface area contributed by atoms with Crippen molar-refractivity contribution in [3.05, 3.63) is 28.6 Å². The predicted molar refractivity (Wildman–Crippen MR) is 89.9 cm³/mol. The number of piperidine rings is 1. The van der Waals surface area contributed by atoms with Crippen LogP contribution in [0, 0.1) is 12.8 Å². The van der Waals surface area contributed by atoms with Crippen LogP contribution in [0.5, 0.6) is 0 Å². The predicted octanol–water partition coefficient (Wildman–Crippen LogP) is 4.05. The van der Waals surface area contributed by atoms with E-state index >= 15 is 0 Å². The van der Waals surface area contributed by atoms with Crippen LogP contribution >= 0.6 is 11.3 Å². The zero-order valence-electron chi connectivity index (χ0n) is 12.7. The van der Waals surface area contributed by atoms with E-state index in [1.807, 2.05) is 17.0 Å². The highest BCUT2D eigenvalue weighted by Gasteiger charge is 2.26. The van der Waals surface area contributed by atoms with E-state index in [9.17, 15) is 4.79 Å². The summed E-state index contributed by atoms with van der Waals surface area (Å²) in [5, 5.41) is 1.01. The second-order valence-electron chi connectivity index (χ2n) is 5.99. The molecule has 0 radical (unpaired) electrons. The Balaban J connectivity index is 1.86. The minimum Gasteiger partial charge on any atom is -0.397 e. The molecule has 0 spiro atoms. The fraction of sp³-hybridized carbons (Fsp3) is 0.471. The van der Waals surface area contributed by atoms with Gasteiger partial charge in [0.15, 0.2) is 0 Å². The molecule has 1 amide bonds. The molecule has 4 heteroatoms. The average molecular weight is 302 g/mol. The fourth-order valence-corrected chi connectivity index (χ4v) is 4.26.